The molecular weight excluding hydrogens is 264 g/mol. The second kappa shape index (κ2) is 4.93. The zero-order valence-corrected chi connectivity index (χ0v) is 11.9. The number of rotatable bonds is 2. The van der Waals surface area contributed by atoms with Gasteiger partial charge in [-0.1, -0.05) is 12.1 Å². The molecule has 110 valence electrons. The van der Waals surface area contributed by atoms with Gasteiger partial charge >= 0.3 is 0 Å². The van der Waals surface area contributed by atoms with E-state index in [0.717, 1.165) is 49.2 Å². The van der Waals surface area contributed by atoms with E-state index in [1.165, 1.54) is 0 Å². The van der Waals surface area contributed by atoms with E-state index in [2.05, 4.69) is 14.9 Å². The summed E-state index contributed by atoms with van der Waals surface area (Å²) in [5.41, 5.74) is 6.94. The number of nitrogen functional groups attached to an aromatic ring is 1. The van der Waals surface area contributed by atoms with Gasteiger partial charge in [0.1, 0.15) is 11.6 Å². The van der Waals surface area contributed by atoms with Crippen LogP contribution in [-0.4, -0.2) is 39.2 Å². The van der Waals surface area contributed by atoms with Crippen molar-refractivity contribution in [3.8, 4) is 0 Å². The molecule has 2 aliphatic rings. The number of hydrogen-bond donors (Lipinski definition) is 2. The molecule has 5 heteroatoms. The molecule has 3 atom stereocenters. The molecule has 0 bridgehead atoms. The Hall–Kier alpha value is -1.72. The molecule has 4 rings (SSSR count). The van der Waals surface area contributed by atoms with Gasteiger partial charge in [0.15, 0.2) is 0 Å². The van der Waals surface area contributed by atoms with Gasteiger partial charge in [0.2, 0.25) is 0 Å². The number of benzene rings is 1. The minimum Gasteiger partial charge on any atom is -0.393 e. The zero-order valence-electron chi connectivity index (χ0n) is 11.9. The van der Waals surface area contributed by atoms with E-state index in [0.29, 0.717) is 17.7 Å². The Bertz CT molecular complexity index is 674. The number of fused-ring (bicyclic) bond motifs is 2. The van der Waals surface area contributed by atoms with Gasteiger partial charge in [-0.15, -0.1) is 0 Å². The van der Waals surface area contributed by atoms with Crippen molar-refractivity contribution in [1.29, 1.82) is 0 Å². The molecule has 0 radical (unpaired) electrons. The molecule has 2 fully saturated rings. The first kappa shape index (κ1) is 13.0. The summed E-state index contributed by atoms with van der Waals surface area (Å²) in [6.07, 6.45) is 1.98. The van der Waals surface area contributed by atoms with Gasteiger partial charge in [0, 0.05) is 24.4 Å². The average molecular weight is 284 g/mol. The van der Waals surface area contributed by atoms with Gasteiger partial charge in [0.25, 0.3) is 0 Å². The normalized spacial score (nSPS) is 29.1. The summed E-state index contributed by atoms with van der Waals surface area (Å²) in [5.74, 6) is 2.40. The fourth-order valence-electron chi connectivity index (χ4n) is 3.88. The number of nitrogens with two attached hydrogens (primary N) is 1. The second-order valence-corrected chi connectivity index (χ2v) is 6.30. The second-order valence-electron chi connectivity index (χ2n) is 6.30. The molecule has 21 heavy (non-hydrogen) atoms. The molecule has 3 N–H and O–H groups in total. The number of aliphatic hydroxyl groups excluding tert-OH is 1. The smallest absolute Gasteiger partial charge is 0.145 e. The number of hydrogen-bond acceptors (Lipinski definition) is 5. The number of aromatic nitrogens is 2. The lowest BCUT2D eigenvalue weighted by molar-refractivity contribution is 0.123. The van der Waals surface area contributed by atoms with Gasteiger partial charge in [-0.3, -0.25) is 4.90 Å². The van der Waals surface area contributed by atoms with Crippen molar-refractivity contribution in [2.75, 3.05) is 18.8 Å². The maximum absolute atomic E-state index is 9.99. The zero-order chi connectivity index (χ0) is 14.4. The van der Waals surface area contributed by atoms with Gasteiger partial charge in [-0.2, -0.15) is 0 Å². The van der Waals surface area contributed by atoms with E-state index < -0.39 is 0 Å². The Morgan fingerprint density at radius 1 is 1.19 bits per heavy atom. The molecule has 1 aromatic heterocycles. The molecular formula is C16H20N4O. The quantitative estimate of drug-likeness (QED) is 0.872. The van der Waals surface area contributed by atoms with E-state index in [4.69, 9.17) is 5.73 Å². The number of aliphatic hydroxyl groups is 1. The van der Waals surface area contributed by atoms with Crippen LogP contribution in [0, 0.1) is 11.8 Å². The SMILES string of the molecule is Nc1nc(CN2CC3CCC(O)C3C2)nc2ccccc12. The van der Waals surface area contributed by atoms with Gasteiger partial charge < -0.3 is 10.8 Å². The van der Waals surface area contributed by atoms with E-state index in [1.54, 1.807) is 0 Å². The molecule has 2 aromatic rings. The van der Waals surface area contributed by atoms with Crippen molar-refractivity contribution in [1.82, 2.24) is 14.9 Å². The third-order valence-electron chi connectivity index (χ3n) is 4.94. The maximum Gasteiger partial charge on any atom is 0.145 e. The van der Waals surface area contributed by atoms with Crippen molar-refractivity contribution < 1.29 is 5.11 Å². The third kappa shape index (κ3) is 2.26. The van der Waals surface area contributed by atoms with Crippen LogP contribution in [0.5, 0.6) is 0 Å². The first-order chi connectivity index (χ1) is 10.2. The highest BCUT2D eigenvalue weighted by Crippen LogP contribution is 2.38. The van der Waals surface area contributed by atoms with Crippen LogP contribution in [0.4, 0.5) is 5.82 Å². The summed E-state index contributed by atoms with van der Waals surface area (Å²) < 4.78 is 0. The molecule has 1 aliphatic heterocycles. The minimum atomic E-state index is -0.123. The maximum atomic E-state index is 9.99. The van der Waals surface area contributed by atoms with E-state index in [9.17, 15) is 5.11 Å². The monoisotopic (exact) mass is 284 g/mol. The average Bonchev–Trinajstić information content (AvgIpc) is 3.01. The third-order valence-corrected chi connectivity index (χ3v) is 4.94. The van der Waals surface area contributed by atoms with Gasteiger partial charge in [0.05, 0.1) is 18.2 Å². The van der Waals surface area contributed by atoms with Crippen LogP contribution in [-0.2, 0) is 6.54 Å². The van der Waals surface area contributed by atoms with Crippen LogP contribution in [0.25, 0.3) is 10.9 Å². The summed E-state index contributed by atoms with van der Waals surface area (Å²) in [7, 11) is 0. The van der Waals surface area contributed by atoms with Crippen LogP contribution in [0.3, 0.4) is 0 Å². The van der Waals surface area contributed by atoms with Crippen LogP contribution in [0.15, 0.2) is 24.3 Å². The lowest BCUT2D eigenvalue weighted by atomic mass is 10.00. The largest absolute Gasteiger partial charge is 0.393 e. The fraction of sp³-hybridized carbons (Fsp3) is 0.500. The number of para-hydroxylation sites is 1. The molecule has 5 nitrogen and oxygen atoms in total. The van der Waals surface area contributed by atoms with Crippen LogP contribution in [0.2, 0.25) is 0 Å². The fourth-order valence-corrected chi connectivity index (χ4v) is 3.88. The van der Waals surface area contributed by atoms with Crippen LogP contribution >= 0.6 is 0 Å². The van der Waals surface area contributed by atoms with E-state index in [-0.39, 0.29) is 6.10 Å². The van der Waals surface area contributed by atoms with Crippen molar-refractivity contribution in [2.24, 2.45) is 11.8 Å². The standard InChI is InChI=1S/C16H20N4O/c17-16-11-3-1-2-4-13(11)18-15(19-16)9-20-7-10-5-6-14(21)12(10)8-20/h1-4,10,12,14,21H,5-9H2,(H2,17,18,19). The molecule has 3 unspecified atom stereocenters. The van der Waals surface area contributed by atoms with E-state index >= 15 is 0 Å². The number of anilines is 1. The van der Waals surface area contributed by atoms with Crippen molar-refractivity contribution in [2.45, 2.75) is 25.5 Å². The molecule has 0 spiro atoms. The Labute approximate surface area is 123 Å². The lowest BCUT2D eigenvalue weighted by Crippen LogP contribution is -2.25. The Kier molecular flexibility index (Phi) is 3.05. The molecule has 1 aliphatic carbocycles. The van der Waals surface area contributed by atoms with Crippen molar-refractivity contribution in [3.05, 3.63) is 30.1 Å². The predicted octanol–water partition coefficient (Wildman–Crippen LogP) is 1.41. The summed E-state index contributed by atoms with van der Waals surface area (Å²) >= 11 is 0. The molecule has 2 heterocycles. The van der Waals surface area contributed by atoms with Crippen LogP contribution in [0.1, 0.15) is 18.7 Å². The topological polar surface area (TPSA) is 75.3 Å². The summed E-state index contributed by atoms with van der Waals surface area (Å²) in [4.78, 5) is 11.4. The Morgan fingerprint density at radius 2 is 2.05 bits per heavy atom. The predicted molar refractivity (Wildman–Crippen MR) is 81.4 cm³/mol. The first-order valence-electron chi connectivity index (χ1n) is 7.62. The van der Waals surface area contributed by atoms with Crippen LogP contribution < -0.4 is 5.73 Å². The van der Waals surface area contributed by atoms with E-state index in [1.807, 2.05) is 24.3 Å². The van der Waals surface area contributed by atoms with Crippen molar-refractivity contribution >= 4 is 16.7 Å². The first-order valence-corrected chi connectivity index (χ1v) is 7.62. The summed E-state index contributed by atoms with van der Waals surface area (Å²) in [6.45, 7) is 2.70. The molecule has 1 saturated carbocycles. The van der Waals surface area contributed by atoms with Gasteiger partial charge in [-0.25, -0.2) is 9.97 Å². The highest BCUT2D eigenvalue weighted by molar-refractivity contribution is 5.87. The Balaban J connectivity index is 1.55. The summed E-state index contributed by atoms with van der Waals surface area (Å²) in [5, 5.41) is 10.9. The highest BCUT2D eigenvalue weighted by Gasteiger charge is 2.41. The van der Waals surface area contributed by atoms with Crippen molar-refractivity contribution in [3.63, 3.8) is 0 Å². The highest BCUT2D eigenvalue weighted by atomic mass is 16.3. The number of likely N-dealkylation sites (tertiary alicyclic amines) is 1. The molecule has 0 amide bonds. The minimum absolute atomic E-state index is 0.123. The molecule has 1 aromatic carbocycles. The Morgan fingerprint density at radius 3 is 2.90 bits per heavy atom. The summed E-state index contributed by atoms with van der Waals surface area (Å²) in [6, 6.07) is 7.84. The number of nitrogens with zero attached hydrogens (tertiary/aromatic N) is 3. The lowest BCUT2D eigenvalue weighted by Gasteiger charge is -2.17. The van der Waals surface area contributed by atoms with Gasteiger partial charge in [-0.05, 0) is 30.9 Å². The molecule has 1 saturated heterocycles.